The molecule has 4 aliphatic rings. The third kappa shape index (κ3) is 1.53. The second-order valence-corrected chi connectivity index (χ2v) is 6.27. The fourth-order valence-corrected chi connectivity index (χ4v) is 4.04. The zero-order chi connectivity index (χ0) is 13.9. The third-order valence-electron chi connectivity index (χ3n) is 4.84. The van der Waals surface area contributed by atoms with Gasteiger partial charge in [-0.3, -0.25) is 14.5 Å². The molecule has 1 aromatic carbocycles. The Bertz CT molecular complexity index is 590. The first kappa shape index (κ1) is 12.2. The van der Waals surface area contributed by atoms with Gasteiger partial charge < -0.3 is 0 Å². The fourth-order valence-electron chi connectivity index (χ4n) is 3.92. The molecule has 4 atom stereocenters. The van der Waals surface area contributed by atoms with Crippen LogP contribution in [0.15, 0.2) is 36.4 Å². The maximum Gasteiger partial charge on any atom is 0.238 e. The molecule has 102 valence electrons. The minimum atomic E-state index is -0.151. The third-order valence-corrected chi connectivity index (χ3v) is 5.10. The number of amides is 2. The zero-order valence-corrected chi connectivity index (χ0v) is 11.6. The first-order valence-corrected chi connectivity index (χ1v) is 7.36. The molecule has 20 heavy (non-hydrogen) atoms. The molecule has 1 aromatic rings. The summed E-state index contributed by atoms with van der Waals surface area (Å²) in [7, 11) is 0. The van der Waals surface area contributed by atoms with Gasteiger partial charge in [0.1, 0.15) is 0 Å². The Morgan fingerprint density at radius 1 is 0.900 bits per heavy atom. The molecule has 3 nitrogen and oxygen atoms in total. The summed E-state index contributed by atoms with van der Waals surface area (Å²) in [6.07, 6.45) is 6.31. The van der Waals surface area contributed by atoms with Crippen molar-refractivity contribution in [3.05, 3.63) is 41.4 Å². The fraction of sp³-hybridized carbons (Fsp3) is 0.375. The Morgan fingerprint density at radius 2 is 1.40 bits per heavy atom. The quantitative estimate of drug-likeness (QED) is 0.588. The van der Waals surface area contributed by atoms with Gasteiger partial charge >= 0.3 is 0 Å². The largest absolute Gasteiger partial charge is 0.274 e. The van der Waals surface area contributed by atoms with Crippen molar-refractivity contribution in [3.63, 3.8) is 0 Å². The summed E-state index contributed by atoms with van der Waals surface area (Å²) < 4.78 is 0. The SMILES string of the molecule is O=C1[C@@H]2[C@H](C(=O)N1c1ccc(Cl)cc1)[C@@H]1C=C[C@@H]2CC1. The summed E-state index contributed by atoms with van der Waals surface area (Å²) in [6, 6.07) is 6.91. The molecule has 1 saturated carbocycles. The molecule has 3 aliphatic carbocycles. The van der Waals surface area contributed by atoms with Crippen molar-refractivity contribution in [3.8, 4) is 0 Å². The molecule has 0 spiro atoms. The number of rotatable bonds is 1. The van der Waals surface area contributed by atoms with E-state index in [9.17, 15) is 9.59 Å². The number of allylic oxidation sites excluding steroid dienone is 2. The molecule has 2 bridgehead atoms. The Labute approximate surface area is 122 Å². The van der Waals surface area contributed by atoms with Crippen molar-refractivity contribution in [2.45, 2.75) is 12.8 Å². The van der Waals surface area contributed by atoms with Crippen LogP contribution >= 0.6 is 11.6 Å². The minimum absolute atomic E-state index is 0.0404. The number of hydrogen-bond acceptors (Lipinski definition) is 2. The van der Waals surface area contributed by atoms with Gasteiger partial charge in [0, 0.05) is 5.02 Å². The molecule has 0 unspecified atom stereocenters. The second-order valence-electron chi connectivity index (χ2n) is 5.83. The van der Waals surface area contributed by atoms with Crippen molar-refractivity contribution in [1.82, 2.24) is 0 Å². The van der Waals surface area contributed by atoms with Gasteiger partial charge in [-0.05, 0) is 48.9 Å². The molecule has 4 heteroatoms. The van der Waals surface area contributed by atoms with Gasteiger partial charge in [-0.15, -0.1) is 0 Å². The van der Waals surface area contributed by atoms with Crippen LogP contribution in [0.3, 0.4) is 0 Å². The Balaban J connectivity index is 1.75. The lowest BCUT2D eigenvalue weighted by molar-refractivity contribution is -0.124. The van der Waals surface area contributed by atoms with Crippen LogP contribution in [0.4, 0.5) is 5.69 Å². The van der Waals surface area contributed by atoms with Crippen molar-refractivity contribution in [1.29, 1.82) is 0 Å². The highest BCUT2D eigenvalue weighted by molar-refractivity contribution is 6.30. The number of carbonyl (C=O) groups is 2. The average Bonchev–Trinajstić information content (AvgIpc) is 2.76. The summed E-state index contributed by atoms with van der Waals surface area (Å²) in [4.78, 5) is 26.7. The van der Waals surface area contributed by atoms with Crippen LogP contribution in [0.2, 0.25) is 5.02 Å². The normalized spacial score (nSPS) is 34.8. The van der Waals surface area contributed by atoms with E-state index in [4.69, 9.17) is 11.6 Å². The molecule has 2 fully saturated rings. The van der Waals surface area contributed by atoms with Crippen LogP contribution in [0.25, 0.3) is 0 Å². The zero-order valence-electron chi connectivity index (χ0n) is 10.8. The summed E-state index contributed by atoms with van der Waals surface area (Å²) in [6.45, 7) is 0. The summed E-state index contributed by atoms with van der Waals surface area (Å²) >= 11 is 5.87. The molecule has 5 rings (SSSR count). The van der Waals surface area contributed by atoms with Crippen LogP contribution in [0, 0.1) is 23.7 Å². The van der Waals surface area contributed by atoms with Gasteiger partial charge in [0.05, 0.1) is 17.5 Å². The highest BCUT2D eigenvalue weighted by atomic mass is 35.5. The smallest absolute Gasteiger partial charge is 0.238 e. The van der Waals surface area contributed by atoms with E-state index in [0.29, 0.717) is 10.7 Å². The van der Waals surface area contributed by atoms with Crippen LogP contribution in [0.1, 0.15) is 12.8 Å². The first-order chi connectivity index (χ1) is 9.66. The van der Waals surface area contributed by atoms with Crippen LogP contribution < -0.4 is 4.90 Å². The van der Waals surface area contributed by atoms with E-state index in [1.165, 1.54) is 4.90 Å². The molecule has 1 heterocycles. The monoisotopic (exact) mass is 287 g/mol. The van der Waals surface area contributed by atoms with Gasteiger partial charge in [-0.2, -0.15) is 0 Å². The van der Waals surface area contributed by atoms with E-state index in [-0.39, 0.29) is 35.5 Å². The number of nitrogens with zero attached hydrogens (tertiary/aromatic N) is 1. The number of halogens is 1. The van der Waals surface area contributed by atoms with E-state index < -0.39 is 0 Å². The standard InChI is InChI=1S/C16H14ClNO2/c17-11-5-7-12(8-6-11)18-15(19)13-9-1-2-10(4-3-9)14(13)16(18)20/h1-2,5-10,13-14H,3-4H2/t9-,10-,13-,14+/m1/s1. The molecular weight excluding hydrogens is 274 g/mol. The van der Waals surface area contributed by atoms with E-state index in [2.05, 4.69) is 12.2 Å². The lowest BCUT2D eigenvalue weighted by Gasteiger charge is -2.38. The summed E-state index contributed by atoms with van der Waals surface area (Å²) in [5, 5.41) is 0.604. The molecule has 0 N–H and O–H groups in total. The molecule has 0 aromatic heterocycles. The minimum Gasteiger partial charge on any atom is -0.274 e. The van der Waals surface area contributed by atoms with Gasteiger partial charge in [0.25, 0.3) is 0 Å². The van der Waals surface area contributed by atoms with E-state index in [1.807, 2.05) is 0 Å². The van der Waals surface area contributed by atoms with E-state index >= 15 is 0 Å². The van der Waals surface area contributed by atoms with E-state index in [1.54, 1.807) is 24.3 Å². The molecule has 1 aliphatic heterocycles. The summed E-state index contributed by atoms with van der Waals surface area (Å²) in [5.41, 5.74) is 0.637. The lowest BCUT2D eigenvalue weighted by Crippen LogP contribution is -2.38. The number of imide groups is 1. The second kappa shape index (κ2) is 4.19. The van der Waals surface area contributed by atoms with Gasteiger partial charge in [-0.25, -0.2) is 0 Å². The Kier molecular flexibility index (Phi) is 2.55. The predicted molar refractivity (Wildman–Crippen MR) is 76.3 cm³/mol. The van der Waals surface area contributed by atoms with Crippen molar-refractivity contribution >= 4 is 29.1 Å². The highest BCUT2D eigenvalue weighted by Gasteiger charge is 2.56. The summed E-state index contributed by atoms with van der Waals surface area (Å²) in [5.74, 6) is 0.0871. The van der Waals surface area contributed by atoms with Crippen LogP contribution in [0.5, 0.6) is 0 Å². The van der Waals surface area contributed by atoms with Crippen molar-refractivity contribution in [2.24, 2.45) is 23.7 Å². The Morgan fingerprint density at radius 3 is 1.85 bits per heavy atom. The maximum absolute atomic E-state index is 12.7. The highest BCUT2D eigenvalue weighted by Crippen LogP contribution is 2.50. The molecule has 0 radical (unpaired) electrons. The maximum atomic E-state index is 12.7. The van der Waals surface area contributed by atoms with Crippen molar-refractivity contribution < 1.29 is 9.59 Å². The van der Waals surface area contributed by atoms with E-state index in [0.717, 1.165) is 12.8 Å². The molecular formula is C16H14ClNO2. The topological polar surface area (TPSA) is 37.4 Å². The molecule has 1 saturated heterocycles. The lowest BCUT2D eigenvalue weighted by atomic mass is 9.63. The number of fused-ring (bicyclic) bond motifs is 1. The Hall–Kier alpha value is -1.61. The van der Waals surface area contributed by atoms with Gasteiger partial charge in [0.2, 0.25) is 11.8 Å². The number of benzene rings is 1. The number of carbonyl (C=O) groups excluding carboxylic acids is 2. The van der Waals surface area contributed by atoms with Crippen LogP contribution in [-0.2, 0) is 9.59 Å². The van der Waals surface area contributed by atoms with Crippen LogP contribution in [-0.4, -0.2) is 11.8 Å². The van der Waals surface area contributed by atoms with Gasteiger partial charge in [-0.1, -0.05) is 23.8 Å². The number of anilines is 1. The molecule has 2 amide bonds. The number of hydrogen-bond donors (Lipinski definition) is 0. The first-order valence-electron chi connectivity index (χ1n) is 6.98. The van der Waals surface area contributed by atoms with Crippen molar-refractivity contribution in [2.75, 3.05) is 4.90 Å². The predicted octanol–water partition coefficient (Wildman–Crippen LogP) is 3.04. The van der Waals surface area contributed by atoms with Gasteiger partial charge in [0.15, 0.2) is 0 Å². The average molecular weight is 288 g/mol.